The van der Waals surface area contributed by atoms with E-state index in [-0.39, 0.29) is 0 Å². The molecule has 1 aromatic heterocycles. The third-order valence-corrected chi connectivity index (χ3v) is 4.86. The molecule has 2 unspecified atom stereocenters. The molecule has 2 atom stereocenters. The summed E-state index contributed by atoms with van der Waals surface area (Å²) >= 11 is 0. The van der Waals surface area contributed by atoms with Gasteiger partial charge in [-0.25, -0.2) is 9.97 Å². The molecule has 4 nitrogen and oxygen atoms in total. The molecule has 4 heteroatoms. The first kappa shape index (κ1) is 12.9. The minimum Gasteiger partial charge on any atom is -0.341 e. The fraction of sp³-hybridized carbons (Fsp3) is 0.733. The number of hydrogen-bond acceptors (Lipinski definition) is 4. The standard InChI is InChI=1S/C15H24N4/c1-10-3-4-12-9-17-15(18-14(12)11(10)2)19-7-5-13(16)6-8-19/h9-11,13H,3-8,16H2,1-2H3. The van der Waals surface area contributed by atoms with Crippen LogP contribution in [-0.4, -0.2) is 29.1 Å². The summed E-state index contributed by atoms with van der Waals surface area (Å²) in [6, 6.07) is 0.354. The van der Waals surface area contributed by atoms with Crippen molar-refractivity contribution in [1.29, 1.82) is 0 Å². The first-order valence-corrected chi connectivity index (χ1v) is 7.51. The van der Waals surface area contributed by atoms with Gasteiger partial charge in [-0.3, -0.25) is 0 Å². The number of piperidine rings is 1. The molecule has 3 rings (SSSR count). The van der Waals surface area contributed by atoms with Gasteiger partial charge in [-0.1, -0.05) is 13.8 Å². The normalized spacial score (nSPS) is 28.3. The van der Waals surface area contributed by atoms with Gasteiger partial charge < -0.3 is 10.6 Å². The smallest absolute Gasteiger partial charge is 0.225 e. The molecule has 0 radical (unpaired) electrons. The second-order valence-corrected chi connectivity index (χ2v) is 6.21. The van der Waals surface area contributed by atoms with Crippen LogP contribution in [0.4, 0.5) is 5.95 Å². The van der Waals surface area contributed by atoms with Crippen LogP contribution in [0.2, 0.25) is 0 Å². The molecule has 2 aliphatic rings. The predicted octanol–water partition coefficient (Wildman–Crippen LogP) is 2.09. The summed E-state index contributed by atoms with van der Waals surface area (Å²) in [4.78, 5) is 11.7. The number of anilines is 1. The summed E-state index contributed by atoms with van der Waals surface area (Å²) in [6.07, 6.45) is 6.54. The maximum Gasteiger partial charge on any atom is 0.225 e. The summed E-state index contributed by atoms with van der Waals surface area (Å²) in [5.41, 5.74) is 8.59. The van der Waals surface area contributed by atoms with Gasteiger partial charge in [0.15, 0.2) is 0 Å². The van der Waals surface area contributed by atoms with Gasteiger partial charge in [-0.15, -0.1) is 0 Å². The van der Waals surface area contributed by atoms with Crippen molar-refractivity contribution in [2.45, 2.75) is 51.5 Å². The Labute approximate surface area is 115 Å². The number of nitrogens with zero attached hydrogens (tertiary/aromatic N) is 3. The van der Waals surface area contributed by atoms with E-state index >= 15 is 0 Å². The SMILES string of the molecule is CC1CCc2cnc(N3CCC(N)CC3)nc2C1C. The highest BCUT2D eigenvalue weighted by Crippen LogP contribution is 2.34. The molecule has 1 fully saturated rings. The van der Waals surface area contributed by atoms with E-state index < -0.39 is 0 Å². The number of fused-ring (bicyclic) bond motifs is 1. The Hall–Kier alpha value is -1.16. The van der Waals surface area contributed by atoms with Crippen molar-refractivity contribution in [3.05, 3.63) is 17.5 Å². The molecule has 0 aromatic carbocycles. The lowest BCUT2D eigenvalue weighted by molar-refractivity contribution is 0.414. The molecule has 104 valence electrons. The molecule has 0 spiro atoms. The van der Waals surface area contributed by atoms with Crippen molar-refractivity contribution < 1.29 is 0 Å². The maximum absolute atomic E-state index is 5.96. The average Bonchev–Trinajstić information content (AvgIpc) is 2.44. The number of rotatable bonds is 1. The topological polar surface area (TPSA) is 55.0 Å². The molecule has 1 saturated heterocycles. The van der Waals surface area contributed by atoms with Gasteiger partial charge in [0, 0.05) is 31.2 Å². The van der Waals surface area contributed by atoms with Gasteiger partial charge in [0.25, 0.3) is 0 Å². The van der Waals surface area contributed by atoms with Crippen molar-refractivity contribution in [2.24, 2.45) is 11.7 Å². The molecule has 19 heavy (non-hydrogen) atoms. The van der Waals surface area contributed by atoms with E-state index in [1.807, 2.05) is 0 Å². The second kappa shape index (κ2) is 5.08. The van der Waals surface area contributed by atoms with Gasteiger partial charge >= 0.3 is 0 Å². The first-order chi connectivity index (χ1) is 9.15. The van der Waals surface area contributed by atoms with Crippen LogP contribution in [0.25, 0.3) is 0 Å². The fourth-order valence-electron chi connectivity index (χ4n) is 3.15. The van der Waals surface area contributed by atoms with E-state index in [4.69, 9.17) is 10.7 Å². The summed E-state index contributed by atoms with van der Waals surface area (Å²) in [5.74, 6) is 2.19. The summed E-state index contributed by atoms with van der Waals surface area (Å²) in [5, 5.41) is 0. The monoisotopic (exact) mass is 260 g/mol. The van der Waals surface area contributed by atoms with Gasteiger partial charge in [0.1, 0.15) is 0 Å². The Balaban J connectivity index is 1.84. The Bertz CT molecular complexity index is 451. The van der Waals surface area contributed by atoms with Gasteiger partial charge in [-0.05, 0) is 37.2 Å². The highest BCUT2D eigenvalue weighted by atomic mass is 15.3. The van der Waals surface area contributed by atoms with E-state index in [0.29, 0.717) is 12.0 Å². The summed E-state index contributed by atoms with van der Waals surface area (Å²) < 4.78 is 0. The van der Waals surface area contributed by atoms with Crippen LogP contribution >= 0.6 is 0 Å². The Kier molecular flexibility index (Phi) is 3.44. The molecule has 1 aromatic rings. The molecular formula is C15H24N4. The summed E-state index contributed by atoms with van der Waals surface area (Å²) in [7, 11) is 0. The zero-order chi connectivity index (χ0) is 13.4. The van der Waals surface area contributed by atoms with Crippen LogP contribution in [0, 0.1) is 5.92 Å². The van der Waals surface area contributed by atoms with E-state index in [1.54, 1.807) is 0 Å². The zero-order valence-electron chi connectivity index (χ0n) is 12.0. The van der Waals surface area contributed by atoms with E-state index in [2.05, 4.69) is 29.9 Å². The van der Waals surface area contributed by atoms with Crippen LogP contribution in [-0.2, 0) is 6.42 Å². The predicted molar refractivity (Wildman–Crippen MR) is 77.4 cm³/mol. The molecule has 1 aliphatic heterocycles. The second-order valence-electron chi connectivity index (χ2n) is 6.21. The van der Waals surface area contributed by atoms with Gasteiger partial charge in [-0.2, -0.15) is 0 Å². The van der Waals surface area contributed by atoms with Crippen molar-refractivity contribution in [3.63, 3.8) is 0 Å². The maximum atomic E-state index is 5.96. The third kappa shape index (κ3) is 2.46. The lowest BCUT2D eigenvalue weighted by Gasteiger charge is -2.32. The number of aryl methyl sites for hydroxylation is 1. The molecule has 2 N–H and O–H groups in total. The fourth-order valence-corrected chi connectivity index (χ4v) is 3.15. The lowest BCUT2D eigenvalue weighted by atomic mass is 9.80. The number of hydrogen-bond donors (Lipinski definition) is 1. The molecular weight excluding hydrogens is 236 g/mol. The average molecular weight is 260 g/mol. The van der Waals surface area contributed by atoms with Crippen LogP contribution in [0.5, 0.6) is 0 Å². The van der Waals surface area contributed by atoms with Crippen LogP contribution < -0.4 is 10.6 Å². The van der Waals surface area contributed by atoms with E-state index in [0.717, 1.165) is 44.2 Å². The Morgan fingerprint density at radius 2 is 1.95 bits per heavy atom. The minimum atomic E-state index is 0.354. The minimum absolute atomic E-state index is 0.354. The highest BCUT2D eigenvalue weighted by molar-refractivity contribution is 5.36. The van der Waals surface area contributed by atoms with E-state index in [1.165, 1.54) is 17.7 Å². The van der Waals surface area contributed by atoms with Crippen LogP contribution in [0.1, 0.15) is 50.3 Å². The number of aromatic nitrogens is 2. The number of nitrogens with two attached hydrogens (primary N) is 1. The Morgan fingerprint density at radius 3 is 2.68 bits per heavy atom. The van der Waals surface area contributed by atoms with Crippen molar-refractivity contribution in [2.75, 3.05) is 18.0 Å². The van der Waals surface area contributed by atoms with Crippen molar-refractivity contribution in [1.82, 2.24) is 9.97 Å². The zero-order valence-corrected chi connectivity index (χ0v) is 12.0. The quantitative estimate of drug-likeness (QED) is 0.840. The van der Waals surface area contributed by atoms with Crippen LogP contribution in [0.15, 0.2) is 6.20 Å². The van der Waals surface area contributed by atoms with Crippen LogP contribution in [0.3, 0.4) is 0 Å². The lowest BCUT2D eigenvalue weighted by Crippen LogP contribution is -2.40. The Morgan fingerprint density at radius 1 is 1.21 bits per heavy atom. The van der Waals surface area contributed by atoms with Gasteiger partial charge in [0.2, 0.25) is 5.95 Å². The third-order valence-electron chi connectivity index (χ3n) is 4.86. The molecule has 0 bridgehead atoms. The van der Waals surface area contributed by atoms with E-state index in [9.17, 15) is 0 Å². The molecule has 2 heterocycles. The highest BCUT2D eigenvalue weighted by Gasteiger charge is 2.26. The summed E-state index contributed by atoms with van der Waals surface area (Å²) in [6.45, 7) is 6.61. The van der Waals surface area contributed by atoms with Gasteiger partial charge in [0.05, 0.1) is 5.69 Å². The largest absolute Gasteiger partial charge is 0.341 e. The van der Waals surface area contributed by atoms with Crippen molar-refractivity contribution >= 4 is 5.95 Å². The molecule has 0 saturated carbocycles. The first-order valence-electron chi connectivity index (χ1n) is 7.51. The molecule has 1 aliphatic carbocycles. The molecule has 0 amide bonds. The van der Waals surface area contributed by atoms with Crippen molar-refractivity contribution in [3.8, 4) is 0 Å².